The summed E-state index contributed by atoms with van der Waals surface area (Å²) in [6.45, 7) is 9.11. The molecular formula is C62H120O6. The second kappa shape index (κ2) is 56.3. The Morgan fingerprint density at radius 1 is 0.294 bits per heavy atom. The minimum Gasteiger partial charge on any atom is -0.462 e. The van der Waals surface area contributed by atoms with Crippen LogP contribution >= 0.6 is 0 Å². The summed E-state index contributed by atoms with van der Waals surface area (Å²) < 4.78 is 16.9. The molecule has 0 rings (SSSR count). The summed E-state index contributed by atoms with van der Waals surface area (Å²) in [5, 5.41) is 0. The van der Waals surface area contributed by atoms with Crippen LogP contribution in [0.3, 0.4) is 0 Å². The predicted molar refractivity (Wildman–Crippen MR) is 293 cm³/mol. The molecular weight excluding hydrogens is 841 g/mol. The Bertz CT molecular complexity index is 1030. The van der Waals surface area contributed by atoms with E-state index in [1.54, 1.807) is 0 Å². The molecule has 0 amide bonds. The third kappa shape index (κ3) is 53.8. The Kier molecular flexibility index (Phi) is 55.0. The first-order valence-electron chi connectivity index (χ1n) is 30.9. The van der Waals surface area contributed by atoms with Crippen molar-refractivity contribution in [3.05, 3.63) is 0 Å². The smallest absolute Gasteiger partial charge is 0.306 e. The van der Waals surface area contributed by atoms with E-state index >= 15 is 0 Å². The number of unbranched alkanes of at least 4 members (excludes halogenated alkanes) is 43. The van der Waals surface area contributed by atoms with E-state index in [1.807, 2.05) is 0 Å². The molecule has 68 heavy (non-hydrogen) atoms. The van der Waals surface area contributed by atoms with Crippen molar-refractivity contribution in [2.24, 2.45) is 5.92 Å². The van der Waals surface area contributed by atoms with Crippen LogP contribution in [0.5, 0.6) is 0 Å². The second-order valence-electron chi connectivity index (χ2n) is 21.6. The summed E-state index contributed by atoms with van der Waals surface area (Å²) in [5.41, 5.74) is 0. The van der Waals surface area contributed by atoms with Crippen molar-refractivity contribution in [1.29, 1.82) is 0 Å². The minimum atomic E-state index is -0.762. The van der Waals surface area contributed by atoms with Gasteiger partial charge >= 0.3 is 17.9 Å². The van der Waals surface area contributed by atoms with Crippen LogP contribution in [0, 0.1) is 5.92 Å². The average molecular weight is 962 g/mol. The fraction of sp³-hybridized carbons (Fsp3) is 0.952. The molecule has 1 unspecified atom stereocenters. The topological polar surface area (TPSA) is 78.9 Å². The van der Waals surface area contributed by atoms with Gasteiger partial charge in [0.15, 0.2) is 6.10 Å². The minimum absolute atomic E-state index is 0.0614. The highest BCUT2D eigenvalue weighted by Crippen LogP contribution is 2.19. The van der Waals surface area contributed by atoms with Gasteiger partial charge in [-0.1, -0.05) is 317 Å². The maximum Gasteiger partial charge on any atom is 0.306 e. The van der Waals surface area contributed by atoms with Crippen molar-refractivity contribution in [3.8, 4) is 0 Å². The van der Waals surface area contributed by atoms with Crippen LogP contribution in [0.2, 0.25) is 0 Å². The van der Waals surface area contributed by atoms with Crippen molar-refractivity contribution in [3.63, 3.8) is 0 Å². The van der Waals surface area contributed by atoms with Crippen molar-refractivity contribution < 1.29 is 28.6 Å². The molecule has 0 aromatic carbocycles. The van der Waals surface area contributed by atoms with E-state index in [9.17, 15) is 14.4 Å². The highest BCUT2D eigenvalue weighted by atomic mass is 16.6. The summed E-state index contributed by atoms with van der Waals surface area (Å²) in [4.78, 5) is 38.2. The SMILES string of the molecule is CCCCCCCCCCCCCCCCCCCCCC(=O)OC[C@H](COC(=O)CCCCCCCCCCCCCCCCC(C)CC)OC(=O)CCCCCCCCCCCCCCC. The van der Waals surface area contributed by atoms with E-state index in [0.717, 1.165) is 63.7 Å². The number of carbonyl (C=O) groups excluding carboxylic acids is 3. The lowest BCUT2D eigenvalue weighted by Crippen LogP contribution is -2.30. The van der Waals surface area contributed by atoms with Crippen molar-refractivity contribution in [1.82, 2.24) is 0 Å². The molecule has 6 heteroatoms. The molecule has 0 saturated heterocycles. The van der Waals surface area contributed by atoms with E-state index < -0.39 is 6.10 Å². The number of ether oxygens (including phenoxy) is 3. The molecule has 0 spiro atoms. The van der Waals surface area contributed by atoms with Gasteiger partial charge in [0.05, 0.1) is 0 Å². The van der Waals surface area contributed by atoms with Crippen molar-refractivity contribution in [2.75, 3.05) is 13.2 Å². The van der Waals surface area contributed by atoms with Crippen LogP contribution in [0.15, 0.2) is 0 Å². The monoisotopic (exact) mass is 961 g/mol. The summed E-state index contributed by atoms with van der Waals surface area (Å²) in [6, 6.07) is 0. The number of carbonyl (C=O) groups is 3. The van der Waals surface area contributed by atoms with Gasteiger partial charge in [-0.15, -0.1) is 0 Å². The lowest BCUT2D eigenvalue weighted by molar-refractivity contribution is -0.167. The van der Waals surface area contributed by atoms with Crippen LogP contribution in [0.25, 0.3) is 0 Å². The van der Waals surface area contributed by atoms with E-state index in [4.69, 9.17) is 14.2 Å². The zero-order valence-corrected chi connectivity index (χ0v) is 46.6. The van der Waals surface area contributed by atoms with Gasteiger partial charge in [-0.05, 0) is 25.2 Å². The second-order valence-corrected chi connectivity index (χ2v) is 21.6. The molecule has 0 heterocycles. The van der Waals surface area contributed by atoms with Gasteiger partial charge in [-0.2, -0.15) is 0 Å². The molecule has 0 N–H and O–H groups in total. The molecule has 0 radical (unpaired) electrons. The highest BCUT2D eigenvalue weighted by molar-refractivity contribution is 5.71. The Labute approximate surface area is 425 Å². The van der Waals surface area contributed by atoms with Gasteiger partial charge in [0.2, 0.25) is 0 Å². The van der Waals surface area contributed by atoms with Crippen molar-refractivity contribution >= 4 is 17.9 Å². The van der Waals surface area contributed by atoms with Gasteiger partial charge in [0.25, 0.3) is 0 Å². The fourth-order valence-electron chi connectivity index (χ4n) is 9.60. The third-order valence-electron chi connectivity index (χ3n) is 14.7. The molecule has 0 aromatic heterocycles. The molecule has 6 nitrogen and oxygen atoms in total. The maximum atomic E-state index is 12.9. The molecule has 0 bridgehead atoms. The zero-order valence-electron chi connectivity index (χ0n) is 46.6. The standard InChI is InChI=1S/C62H120O6/c1-5-8-10-12-14-16-18-20-21-22-23-24-25-30-33-37-41-45-49-53-60(63)66-56-59(68-62(65)55-51-47-43-39-35-28-19-17-15-13-11-9-6-2)57-67-61(64)54-50-46-42-38-34-31-27-26-29-32-36-40-44-48-52-58(4)7-3/h58-59H,5-57H2,1-4H3/t58?,59-/m1/s1. The van der Waals surface area contributed by atoms with Crippen molar-refractivity contribution in [2.45, 2.75) is 361 Å². The van der Waals surface area contributed by atoms with Crippen LogP contribution in [0.4, 0.5) is 0 Å². The van der Waals surface area contributed by atoms with E-state index in [1.165, 1.54) is 250 Å². The average Bonchev–Trinajstić information content (AvgIpc) is 3.34. The van der Waals surface area contributed by atoms with Gasteiger partial charge in [-0.3, -0.25) is 14.4 Å². The Hall–Kier alpha value is -1.59. The first kappa shape index (κ1) is 66.4. The van der Waals surface area contributed by atoms with E-state index in [2.05, 4.69) is 27.7 Å². The van der Waals surface area contributed by atoms with E-state index in [0.29, 0.717) is 19.3 Å². The van der Waals surface area contributed by atoms with Crippen LogP contribution < -0.4 is 0 Å². The quantitative estimate of drug-likeness (QED) is 0.0343. The lowest BCUT2D eigenvalue weighted by Gasteiger charge is -2.18. The summed E-state index contributed by atoms with van der Waals surface area (Å²) in [6.07, 6.45) is 62.3. The molecule has 2 atom stereocenters. The van der Waals surface area contributed by atoms with Gasteiger partial charge < -0.3 is 14.2 Å². The summed E-state index contributed by atoms with van der Waals surface area (Å²) in [5.74, 6) is 0.0650. The van der Waals surface area contributed by atoms with Gasteiger partial charge in [0, 0.05) is 19.3 Å². The highest BCUT2D eigenvalue weighted by Gasteiger charge is 2.19. The molecule has 404 valence electrons. The Balaban J connectivity index is 4.25. The Morgan fingerprint density at radius 3 is 0.765 bits per heavy atom. The first-order valence-corrected chi connectivity index (χ1v) is 30.9. The molecule has 0 aliphatic heterocycles. The number of esters is 3. The molecule has 0 aliphatic carbocycles. The zero-order chi connectivity index (χ0) is 49.5. The van der Waals surface area contributed by atoms with Crippen LogP contribution in [-0.4, -0.2) is 37.2 Å². The normalized spacial score (nSPS) is 12.4. The largest absolute Gasteiger partial charge is 0.462 e. The van der Waals surface area contributed by atoms with Gasteiger partial charge in [0.1, 0.15) is 13.2 Å². The first-order chi connectivity index (χ1) is 33.4. The predicted octanol–water partition coefficient (Wildman–Crippen LogP) is 20.6. The molecule has 0 fully saturated rings. The molecule has 0 saturated carbocycles. The number of hydrogen-bond donors (Lipinski definition) is 0. The van der Waals surface area contributed by atoms with Gasteiger partial charge in [-0.25, -0.2) is 0 Å². The number of rotatable bonds is 57. The summed E-state index contributed by atoms with van der Waals surface area (Å²) >= 11 is 0. The van der Waals surface area contributed by atoms with E-state index in [-0.39, 0.29) is 31.1 Å². The maximum absolute atomic E-state index is 12.9. The third-order valence-corrected chi connectivity index (χ3v) is 14.7. The van der Waals surface area contributed by atoms with Crippen LogP contribution in [-0.2, 0) is 28.6 Å². The molecule has 0 aliphatic rings. The molecule has 0 aromatic rings. The Morgan fingerprint density at radius 2 is 0.515 bits per heavy atom. The lowest BCUT2D eigenvalue weighted by atomic mass is 9.99. The van der Waals surface area contributed by atoms with Crippen LogP contribution in [0.1, 0.15) is 355 Å². The summed E-state index contributed by atoms with van der Waals surface area (Å²) in [7, 11) is 0. The fourth-order valence-corrected chi connectivity index (χ4v) is 9.60. The number of hydrogen-bond acceptors (Lipinski definition) is 6.